The molecule has 1 aromatic heterocycles. The molecule has 1 heterocycles. The first-order valence-corrected chi connectivity index (χ1v) is 6.34. The largest absolute Gasteiger partial charge is 0.373 e. The second-order valence-corrected chi connectivity index (χ2v) is 4.77. The Morgan fingerprint density at radius 1 is 1.55 bits per heavy atom. The molecule has 2 rings (SSSR count). The number of rotatable bonds is 6. The van der Waals surface area contributed by atoms with Gasteiger partial charge in [0.2, 0.25) is 5.91 Å². The second-order valence-electron chi connectivity index (χ2n) is 4.77. The summed E-state index contributed by atoms with van der Waals surface area (Å²) in [4.78, 5) is 27.9. The normalized spacial score (nSPS) is 13.7. The van der Waals surface area contributed by atoms with Gasteiger partial charge in [0.15, 0.2) is 0 Å². The Morgan fingerprint density at radius 3 is 2.80 bits per heavy atom. The number of amides is 1. The number of anilines is 2. The fourth-order valence-corrected chi connectivity index (χ4v) is 1.73. The van der Waals surface area contributed by atoms with Gasteiger partial charge in [0.05, 0.1) is 23.6 Å². The van der Waals surface area contributed by atoms with E-state index in [1.807, 2.05) is 0 Å². The summed E-state index contributed by atoms with van der Waals surface area (Å²) in [6.07, 6.45) is 2.04. The number of nitrogens with one attached hydrogen (secondary N) is 2. The zero-order valence-electron chi connectivity index (χ0n) is 11.4. The number of pyridine rings is 1. The molecule has 0 atom stereocenters. The van der Waals surface area contributed by atoms with E-state index in [4.69, 9.17) is 0 Å². The predicted molar refractivity (Wildman–Crippen MR) is 74.9 cm³/mol. The van der Waals surface area contributed by atoms with Crippen LogP contribution in [0.5, 0.6) is 0 Å². The highest BCUT2D eigenvalue weighted by molar-refractivity contribution is 5.81. The first-order valence-electron chi connectivity index (χ1n) is 6.34. The van der Waals surface area contributed by atoms with Crippen LogP contribution in [0.4, 0.5) is 17.3 Å². The van der Waals surface area contributed by atoms with Gasteiger partial charge in [-0.15, -0.1) is 0 Å². The molecule has 0 bridgehead atoms. The van der Waals surface area contributed by atoms with Gasteiger partial charge in [-0.2, -0.15) is 0 Å². The van der Waals surface area contributed by atoms with Gasteiger partial charge in [0.1, 0.15) is 11.6 Å². The number of nitro groups is 1. The van der Waals surface area contributed by atoms with Crippen molar-refractivity contribution in [2.45, 2.75) is 18.9 Å². The van der Waals surface area contributed by atoms with Crippen molar-refractivity contribution in [3.63, 3.8) is 0 Å². The van der Waals surface area contributed by atoms with E-state index in [-0.39, 0.29) is 18.1 Å². The Hall–Kier alpha value is -2.38. The van der Waals surface area contributed by atoms with Crippen LogP contribution in [0.15, 0.2) is 12.1 Å². The SMILES string of the molecule is CNc1cc([N+](=O)[O-])cc(N(C)CC(=O)NC2CC2)n1. The highest BCUT2D eigenvalue weighted by Crippen LogP contribution is 2.22. The maximum absolute atomic E-state index is 11.7. The maximum Gasteiger partial charge on any atom is 0.276 e. The van der Waals surface area contributed by atoms with Crippen molar-refractivity contribution in [3.05, 3.63) is 22.2 Å². The van der Waals surface area contributed by atoms with Crippen LogP contribution >= 0.6 is 0 Å². The summed E-state index contributed by atoms with van der Waals surface area (Å²) < 4.78 is 0. The average Bonchev–Trinajstić information content (AvgIpc) is 3.21. The van der Waals surface area contributed by atoms with Gasteiger partial charge in [-0.25, -0.2) is 4.98 Å². The summed E-state index contributed by atoms with van der Waals surface area (Å²) in [5.41, 5.74) is -0.0613. The van der Waals surface area contributed by atoms with Crippen LogP contribution in [0.25, 0.3) is 0 Å². The average molecular weight is 279 g/mol. The lowest BCUT2D eigenvalue weighted by Gasteiger charge is -2.18. The number of nitrogens with zero attached hydrogens (tertiary/aromatic N) is 3. The Morgan fingerprint density at radius 2 is 2.25 bits per heavy atom. The Kier molecular flexibility index (Phi) is 4.02. The van der Waals surface area contributed by atoms with E-state index < -0.39 is 4.92 Å². The highest BCUT2D eigenvalue weighted by atomic mass is 16.6. The summed E-state index contributed by atoms with van der Waals surface area (Å²) in [7, 11) is 3.31. The number of carbonyl (C=O) groups is 1. The van der Waals surface area contributed by atoms with Crippen LogP contribution in [0.1, 0.15) is 12.8 Å². The van der Waals surface area contributed by atoms with Crippen molar-refractivity contribution >= 4 is 23.2 Å². The molecule has 1 aliphatic carbocycles. The van der Waals surface area contributed by atoms with Crippen molar-refractivity contribution in [3.8, 4) is 0 Å². The van der Waals surface area contributed by atoms with Crippen molar-refractivity contribution in [1.82, 2.24) is 10.3 Å². The molecule has 0 saturated heterocycles. The lowest BCUT2D eigenvalue weighted by molar-refractivity contribution is -0.384. The molecule has 108 valence electrons. The molecular weight excluding hydrogens is 262 g/mol. The van der Waals surface area contributed by atoms with Crippen molar-refractivity contribution in [2.24, 2.45) is 0 Å². The molecule has 8 heteroatoms. The first-order chi connectivity index (χ1) is 9.49. The maximum atomic E-state index is 11.7. The third kappa shape index (κ3) is 3.56. The Balaban J connectivity index is 2.10. The fourth-order valence-electron chi connectivity index (χ4n) is 1.73. The van der Waals surface area contributed by atoms with Crippen LogP contribution in [-0.4, -0.2) is 42.5 Å². The van der Waals surface area contributed by atoms with E-state index >= 15 is 0 Å². The van der Waals surface area contributed by atoms with E-state index in [0.29, 0.717) is 17.7 Å². The standard InChI is InChI=1S/C12H17N5O3/c1-13-10-5-9(17(19)20)6-11(15-10)16(2)7-12(18)14-8-3-4-8/h5-6,8H,3-4,7H2,1-2H3,(H,13,15)(H,14,18). The molecular formula is C12H17N5O3. The molecule has 0 spiro atoms. The van der Waals surface area contributed by atoms with Crippen LogP contribution in [0, 0.1) is 10.1 Å². The zero-order valence-corrected chi connectivity index (χ0v) is 11.4. The van der Waals surface area contributed by atoms with Gasteiger partial charge < -0.3 is 15.5 Å². The van der Waals surface area contributed by atoms with Crippen molar-refractivity contribution in [1.29, 1.82) is 0 Å². The minimum absolute atomic E-state index is 0.0613. The van der Waals surface area contributed by atoms with Crippen LogP contribution in [-0.2, 0) is 4.79 Å². The molecule has 1 aromatic rings. The molecule has 1 saturated carbocycles. The summed E-state index contributed by atoms with van der Waals surface area (Å²) in [5.74, 6) is 0.674. The van der Waals surface area contributed by atoms with E-state index in [1.165, 1.54) is 12.1 Å². The smallest absolute Gasteiger partial charge is 0.276 e. The number of likely N-dealkylation sites (N-methyl/N-ethyl adjacent to an activating group) is 1. The molecule has 0 radical (unpaired) electrons. The summed E-state index contributed by atoms with van der Waals surface area (Å²) in [6, 6.07) is 2.99. The first kappa shape index (κ1) is 14.0. The molecule has 1 fully saturated rings. The van der Waals surface area contributed by atoms with E-state index in [0.717, 1.165) is 12.8 Å². The molecule has 0 aromatic carbocycles. The molecule has 1 amide bonds. The van der Waals surface area contributed by atoms with Crippen LogP contribution < -0.4 is 15.5 Å². The van der Waals surface area contributed by atoms with E-state index in [9.17, 15) is 14.9 Å². The zero-order chi connectivity index (χ0) is 14.7. The van der Waals surface area contributed by atoms with E-state index in [2.05, 4.69) is 15.6 Å². The van der Waals surface area contributed by atoms with Crippen LogP contribution in [0.2, 0.25) is 0 Å². The van der Waals surface area contributed by atoms with Crippen molar-refractivity contribution in [2.75, 3.05) is 30.9 Å². The monoisotopic (exact) mass is 279 g/mol. The Bertz CT molecular complexity index is 530. The molecule has 8 nitrogen and oxygen atoms in total. The molecule has 0 unspecified atom stereocenters. The number of aromatic nitrogens is 1. The second kappa shape index (κ2) is 5.72. The summed E-state index contributed by atoms with van der Waals surface area (Å²) >= 11 is 0. The van der Waals surface area contributed by atoms with Gasteiger partial charge in [-0.1, -0.05) is 0 Å². The topological polar surface area (TPSA) is 100 Å². The summed E-state index contributed by atoms with van der Waals surface area (Å²) in [6.45, 7) is 0.119. The Labute approximate surface area is 116 Å². The van der Waals surface area contributed by atoms with Crippen LogP contribution in [0.3, 0.4) is 0 Å². The number of hydrogen-bond donors (Lipinski definition) is 2. The van der Waals surface area contributed by atoms with Gasteiger partial charge >= 0.3 is 0 Å². The quantitative estimate of drug-likeness (QED) is 0.588. The van der Waals surface area contributed by atoms with Gasteiger partial charge in [0.25, 0.3) is 5.69 Å². The van der Waals surface area contributed by atoms with Gasteiger partial charge in [-0.05, 0) is 12.8 Å². The number of hydrogen-bond acceptors (Lipinski definition) is 6. The molecule has 2 N–H and O–H groups in total. The lowest BCUT2D eigenvalue weighted by atomic mass is 10.3. The lowest BCUT2D eigenvalue weighted by Crippen LogP contribution is -2.36. The third-order valence-electron chi connectivity index (χ3n) is 2.98. The van der Waals surface area contributed by atoms with E-state index in [1.54, 1.807) is 19.0 Å². The highest BCUT2D eigenvalue weighted by Gasteiger charge is 2.24. The van der Waals surface area contributed by atoms with Gasteiger partial charge in [0, 0.05) is 20.1 Å². The fraction of sp³-hybridized carbons (Fsp3) is 0.500. The summed E-state index contributed by atoms with van der Waals surface area (Å²) in [5, 5.41) is 16.5. The number of carbonyl (C=O) groups excluding carboxylic acids is 1. The van der Waals surface area contributed by atoms with Gasteiger partial charge in [-0.3, -0.25) is 14.9 Å². The minimum Gasteiger partial charge on any atom is -0.373 e. The predicted octanol–water partition coefficient (Wildman–Crippen LogP) is 0.746. The third-order valence-corrected chi connectivity index (χ3v) is 2.98. The van der Waals surface area contributed by atoms with Crippen molar-refractivity contribution < 1.29 is 9.72 Å². The molecule has 20 heavy (non-hydrogen) atoms. The minimum atomic E-state index is -0.482. The molecule has 0 aliphatic heterocycles. The molecule has 1 aliphatic rings.